The monoisotopic (exact) mass is 382 g/mol. The molecule has 3 rings (SSSR count). The number of aryl methyl sites for hydroxylation is 1. The first-order valence-corrected chi connectivity index (χ1v) is 9.59. The van der Waals surface area contributed by atoms with E-state index in [4.69, 9.17) is 16.3 Å². The molecule has 0 atom stereocenters. The van der Waals surface area contributed by atoms with Crippen LogP contribution in [0.25, 0.3) is 0 Å². The molecular formula is C24H24ClFO. The average molecular weight is 383 g/mol. The molecule has 27 heavy (non-hydrogen) atoms. The molecule has 0 heterocycles. The van der Waals surface area contributed by atoms with Crippen molar-refractivity contribution in [2.45, 2.75) is 38.5 Å². The second-order valence-corrected chi connectivity index (χ2v) is 7.86. The van der Waals surface area contributed by atoms with Gasteiger partial charge >= 0.3 is 0 Å². The first-order chi connectivity index (χ1) is 12.9. The van der Waals surface area contributed by atoms with E-state index in [-0.39, 0.29) is 17.0 Å². The van der Waals surface area contributed by atoms with Crippen LogP contribution in [0.2, 0.25) is 5.02 Å². The molecule has 0 aliphatic carbocycles. The molecule has 0 aromatic heterocycles. The van der Waals surface area contributed by atoms with Crippen molar-refractivity contribution in [2.24, 2.45) is 0 Å². The van der Waals surface area contributed by atoms with Crippen LogP contribution in [-0.4, -0.2) is 0 Å². The van der Waals surface area contributed by atoms with Crippen molar-refractivity contribution in [3.05, 3.63) is 94.8 Å². The maximum absolute atomic E-state index is 14.1. The van der Waals surface area contributed by atoms with Crippen molar-refractivity contribution in [2.75, 3.05) is 0 Å². The highest BCUT2D eigenvalue weighted by atomic mass is 35.5. The lowest BCUT2D eigenvalue weighted by Gasteiger charge is -2.25. The SMILES string of the molecule is CC(C)(CCCc1ccc(F)c(Oc2ccccc2)c1)c1ccc(Cl)cc1. The summed E-state index contributed by atoms with van der Waals surface area (Å²) in [6.45, 7) is 4.48. The summed E-state index contributed by atoms with van der Waals surface area (Å²) in [5.41, 5.74) is 2.42. The molecule has 0 aliphatic rings. The standard InChI is InChI=1S/C24H24ClFO/c1-24(2,19-11-13-20(25)14-12-19)16-6-7-18-10-15-22(26)23(17-18)27-21-8-4-3-5-9-21/h3-5,8-15,17H,6-7,16H2,1-2H3. The minimum absolute atomic E-state index is 0.0635. The normalized spacial score (nSPS) is 11.4. The minimum Gasteiger partial charge on any atom is -0.454 e. The lowest BCUT2D eigenvalue weighted by molar-refractivity contribution is 0.439. The van der Waals surface area contributed by atoms with Crippen LogP contribution in [-0.2, 0) is 11.8 Å². The van der Waals surface area contributed by atoms with Gasteiger partial charge in [-0.3, -0.25) is 0 Å². The van der Waals surface area contributed by atoms with Crippen molar-refractivity contribution in [1.82, 2.24) is 0 Å². The Morgan fingerprint density at radius 3 is 2.33 bits per heavy atom. The van der Waals surface area contributed by atoms with Crippen LogP contribution in [0.3, 0.4) is 0 Å². The Balaban J connectivity index is 1.62. The van der Waals surface area contributed by atoms with Crippen LogP contribution < -0.4 is 4.74 Å². The van der Waals surface area contributed by atoms with Gasteiger partial charge in [0.15, 0.2) is 11.6 Å². The molecule has 140 valence electrons. The smallest absolute Gasteiger partial charge is 0.165 e. The van der Waals surface area contributed by atoms with E-state index >= 15 is 0 Å². The minimum atomic E-state index is -0.343. The lowest BCUT2D eigenvalue weighted by Crippen LogP contribution is -2.17. The molecule has 0 N–H and O–H groups in total. The van der Waals surface area contributed by atoms with Crippen molar-refractivity contribution >= 4 is 11.6 Å². The molecule has 0 unspecified atom stereocenters. The zero-order valence-electron chi connectivity index (χ0n) is 15.7. The van der Waals surface area contributed by atoms with E-state index in [0.717, 1.165) is 29.8 Å². The molecule has 0 fully saturated rings. The molecule has 3 aromatic rings. The Bertz CT molecular complexity index is 873. The Morgan fingerprint density at radius 2 is 1.63 bits per heavy atom. The third kappa shape index (κ3) is 5.33. The van der Waals surface area contributed by atoms with Gasteiger partial charge in [-0.2, -0.15) is 0 Å². The second kappa shape index (κ2) is 8.58. The van der Waals surface area contributed by atoms with Crippen LogP contribution in [0.4, 0.5) is 4.39 Å². The number of hydrogen-bond acceptors (Lipinski definition) is 1. The zero-order valence-corrected chi connectivity index (χ0v) is 16.5. The molecule has 3 heteroatoms. The number of ether oxygens (including phenoxy) is 1. The van der Waals surface area contributed by atoms with Gasteiger partial charge in [0, 0.05) is 5.02 Å². The summed E-state index contributed by atoms with van der Waals surface area (Å²) in [4.78, 5) is 0. The van der Waals surface area contributed by atoms with Crippen LogP contribution in [0.1, 0.15) is 37.8 Å². The molecule has 0 bridgehead atoms. The summed E-state index contributed by atoms with van der Waals surface area (Å²) in [6.07, 6.45) is 2.91. The van der Waals surface area contributed by atoms with Crippen LogP contribution in [0.5, 0.6) is 11.5 Å². The van der Waals surface area contributed by atoms with E-state index in [2.05, 4.69) is 26.0 Å². The summed E-state index contributed by atoms with van der Waals surface area (Å²) in [7, 11) is 0. The first-order valence-electron chi connectivity index (χ1n) is 9.21. The van der Waals surface area contributed by atoms with Gasteiger partial charge in [0.1, 0.15) is 5.75 Å². The fourth-order valence-corrected chi connectivity index (χ4v) is 3.30. The largest absolute Gasteiger partial charge is 0.454 e. The summed E-state index contributed by atoms with van der Waals surface area (Å²) in [5.74, 6) is 0.567. The number of para-hydroxylation sites is 1. The topological polar surface area (TPSA) is 9.23 Å². The van der Waals surface area contributed by atoms with Crippen LogP contribution in [0.15, 0.2) is 72.8 Å². The third-order valence-electron chi connectivity index (χ3n) is 4.86. The Labute approximate surface area is 165 Å². The number of hydrogen-bond donors (Lipinski definition) is 0. The van der Waals surface area contributed by atoms with Gasteiger partial charge < -0.3 is 4.74 Å². The Kier molecular flexibility index (Phi) is 6.18. The van der Waals surface area contributed by atoms with Crippen molar-refractivity contribution in [1.29, 1.82) is 0 Å². The van der Waals surface area contributed by atoms with Gasteiger partial charge in [0.25, 0.3) is 0 Å². The summed E-state index contributed by atoms with van der Waals surface area (Å²) >= 11 is 5.99. The lowest BCUT2D eigenvalue weighted by atomic mass is 9.80. The van der Waals surface area contributed by atoms with Gasteiger partial charge in [-0.15, -0.1) is 0 Å². The van der Waals surface area contributed by atoms with E-state index in [1.54, 1.807) is 6.07 Å². The molecule has 0 saturated carbocycles. The van der Waals surface area contributed by atoms with E-state index in [0.29, 0.717) is 5.75 Å². The van der Waals surface area contributed by atoms with Crippen LogP contribution in [0, 0.1) is 5.82 Å². The predicted octanol–water partition coefficient (Wildman–Crippen LogP) is 7.57. The Morgan fingerprint density at radius 1 is 0.926 bits per heavy atom. The summed E-state index contributed by atoms with van der Waals surface area (Å²) in [6, 6.07) is 22.5. The fraction of sp³-hybridized carbons (Fsp3) is 0.250. The molecule has 3 aromatic carbocycles. The molecule has 0 aliphatic heterocycles. The summed E-state index contributed by atoms with van der Waals surface area (Å²) < 4.78 is 19.8. The van der Waals surface area contributed by atoms with E-state index in [1.807, 2.05) is 48.5 Å². The maximum Gasteiger partial charge on any atom is 0.165 e. The number of halogens is 2. The van der Waals surface area contributed by atoms with Gasteiger partial charge in [0.2, 0.25) is 0 Å². The molecule has 1 nitrogen and oxygen atoms in total. The highest BCUT2D eigenvalue weighted by molar-refractivity contribution is 6.30. The van der Waals surface area contributed by atoms with Gasteiger partial charge in [-0.05, 0) is 72.2 Å². The molecule has 0 saturated heterocycles. The zero-order chi connectivity index (χ0) is 19.3. The van der Waals surface area contributed by atoms with Gasteiger partial charge in [-0.1, -0.05) is 61.8 Å². The first kappa shape index (κ1) is 19.4. The number of rotatable bonds is 7. The predicted molar refractivity (Wildman–Crippen MR) is 110 cm³/mol. The fourth-order valence-electron chi connectivity index (χ4n) is 3.18. The van der Waals surface area contributed by atoms with E-state index in [9.17, 15) is 4.39 Å². The number of benzene rings is 3. The van der Waals surface area contributed by atoms with Crippen LogP contribution >= 0.6 is 11.6 Å². The average Bonchev–Trinajstić information content (AvgIpc) is 2.65. The second-order valence-electron chi connectivity index (χ2n) is 7.42. The van der Waals surface area contributed by atoms with Crippen molar-refractivity contribution in [3.63, 3.8) is 0 Å². The highest BCUT2D eigenvalue weighted by Gasteiger charge is 2.20. The molecule has 0 radical (unpaired) electrons. The maximum atomic E-state index is 14.1. The highest BCUT2D eigenvalue weighted by Crippen LogP contribution is 2.31. The van der Waals surface area contributed by atoms with Gasteiger partial charge in [-0.25, -0.2) is 4.39 Å². The molecule has 0 spiro atoms. The van der Waals surface area contributed by atoms with Crippen molar-refractivity contribution < 1.29 is 9.13 Å². The van der Waals surface area contributed by atoms with E-state index in [1.165, 1.54) is 11.6 Å². The third-order valence-corrected chi connectivity index (χ3v) is 5.11. The van der Waals surface area contributed by atoms with Crippen molar-refractivity contribution in [3.8, 4) is 11.5 Å². The van der Waals surface area contributed by atoms with Gasteiger partial charge in [0.05, 0.1) is 0 Å². The van der Waals surface area contributed by atoms with E-state index < -0.39 is 0 Å². The Hall–Kier alpha value is -2.32. The molecule has 0 amide bonds. The quantitative estimate of drug-likeness (QED) is 0.409. The summed E-state index contributed by atoms with van der Waals surface area (Å²) in [5, 5.41) is 0.756. The molecular weight excluding hydrogens is 359 g/mol.